The zero-order valence-electron chi connectivity index (χ0n) is 12.0. The molecule has 1 amide bonds. The summed E-state index contributed by atoms with van der Waals surface area (Å²) in [5.41, 5.74) is 0.368. The van der Waals surface area contributed by atoms with Crippen molar-refractivity contribution in [3.05, 3.63) is 29.8 Å². The molecule has 21 heavy (non-hydrogen) atoms. The first-order valence-electron chi connectivity index (χ1n) is 6.53. The Morgan fingerprint density at radius 1 is 1.24 bits per heavy atom. The highest BCUT2D eigenvalue weighted by Crippen LogP contribution is 2.11. The van der Waals surface area contributed by atoms with E-state index in [-0.39, 0.29) is 23.3 Å². The quantitative estimate of drug-likeness (QED) is 0.793. The van der Waals surface area contributed by atoms with Crippen LogP contribution in [0.15, 0.2) is 29.2 Å². The lowest BCUT2D eigenvalue weighted by Crippen LogP contribution is -2.32. The molecule has 2 N–H and O–H groups in total. The van der Waals surface area contributed by atoms with Crippen molar-refractivity contribution < 1.29 is 23.1 Å². The summed E-state index contributed by atoms with van der Waals surface area (Å²) in [4.78, 5) is 22.5. The fraction of sp³-hybridized carbons (Fsp3) is 0.429. The van der Waals surface area contributed by atoms with E-state index in [1.165, 1.54) is 24.3 Å². The number of sulfone groups is 1. The summed E-state index contributed by atoms with van der Waals surface area (Å²) in [5, 5.41) is 11.3. The first-order chi connectivity index (χ1) is 9.70. The van der Waals surface area contributed by atoms with E-state index in [0.29, 0.717) is 18.4 Å². The maximum Gasteiger partial charge on any atom is 0.303 e. The number of carboxylic acids is 1. The summed E-state index contributed by atoms with van der Waals surface area (Å²) in [6, 6.07) is 5.54. The van der Waals surface area contributed by atoms with Gasteiger partial charge in [-0.2, -0.15) is 0 Å². The van der Waals surface area contributed by atoms with Crippen molar-refractivity contribution in [2.45, 2.75) is 37.1 Å². The van der Waals surface area contributed by atoms with Gasteiger partial charge in [0.1, 0.15) is 0 Å². The molecule has 116 valence electrons. The minimum Gasteiger partial charge on any atom is -0.481 e. The van der Waals surface area contributed by atoms with Gasteiger partial charge in [0.25, 0.3) is 5.91 Å². The van der Waals surface area contributed by atoms with Crippen LogP contribution in [0.2, 0.25) is 0 Å². The number of rotatable bonds is 7. The molecule has 0 spiro atoms. The molecular weight excluding hydrogens is 294 g/mol. The highest BCUT2D eigenvalue weighted by Gasteiger charge is 2.12. The van der Waals surface area contributed by atoms with Gasteiger partial charge in [-0.25, -0.2) is 8.42 Å². The molecule has 0 radical (unpaired) electrons. The molecule has 0 fully saturated rings. The van der Waals surface area contributed by atoms with E-state index in [9.17, 15) is 18.0 Å². The van der Waals surface area contributed by atoms with Crippen molar-refractivity contribution in [3.63, 3.8) is 0 Å². The molecule has 0 saturated carbocycles. The zero-order valence-corrected chi connectivity index (χ0v) is 12.8. The van der Waals surface area contributed by atoms with E-state index in [0.717, 1.165) is 6.26 Å². The summed E-state index contributed by atoms with van der Waals surface area (Å²) in [7, 11) is -3.28. The van der Waals surface area contributed by atoms with Crippen LogP contribution in [0.3, 0.4) is 0 Å². The molecule has 7 heteroatoms. The van der Waals surface area contributed by atoms with E-state index in [1.54, 1.807) is 6.92 Å². The van der Waals surface area contributed by atoms with Crippen LogP contribution in [0.1, 0.15) is 36.5 Å². The minimum atomic E-state index is -3.28. The van der Waals surface area contributed by atoms with E-state index in [2.05, 4.69) is 5.32 Å². The highest BCUT2D eigenvalue weighted by molar-refractivity contribution is 7.90. The van der Waals surface area contributed by atoms with Crippen molar-refractivity contribution in [2.75, 3.05) is 6.26 Å². The summed E-state index contributed by atoms with van der Waals surface area (Å²) in [5.74, 6) is -1.16. The van der Waals surface area contributed by atoms with Crippen molar-refractivity contribution in [1.82, 2.24) is 5.32 Å². The average molecular weight is 313 g/mol. The van der Waals surface area contributed by atoms with Gasteiger partial charge >= 0.3 is 5.97 Å². The topological polar surface area (TPSA) is 101 Å². The van der Waals surface area contributed by atoms with Crippen LogP contribution in [0.5, 0.6) is 0 Å². The van der Waals surface area contributed by atoms with Gasteiger partial charge < -0.3 is 10.4 Å². The Labute approximate surface area is 124 Å². The third kappa shape index (κ3) is 5.95. The van der Waals surface area contributed by atoms with Gasteiger partial charge in [0.2, 0.25) is 0 Å². The van der Waals surface area contributed by atoms with Gasteiger partial charge in [-0.05, 0) is 44.0 Å². The normalized spacial score (nSPS) is 12.7. The third-order valence-electron chi connectivity index (χ3n) is 2.95. The minimum absolute atomic E-state index is 0.0727. The van der Waals surface area contributed by atoms with Gasteiger partial charge in [0, 0.05) is 24.3 Å². The largest absolute Gasteiger partial charge is 0.481 e. The Morgan fingerprint density at radius 3 is 2.29 bits per heavy atom. The lowest BCUT2D eigenvalue weighted by Gasteiger charge is -2.13. The van der Waals surface area contributed by atoms with E-state index < -0.39 is 15.8 Å². The van der Waals surface area contributed by atoms with Crippen LogP contribution < -0.4 is 5.32 Å². The number of nitrogens with one attached hydrogen (secondary N) is 1. The molecule has 1 aromatic rings. The second-order valence-electron chi connectivity index (χ2n) is 4.96. The predicted molar refractivity (Wildman–Crippen MR) is 78.0 cm³/mol. The Bertz CT molecular complexity index is 607. The van der Waals surface area contributed by atoms with Crippen molar-refractivity contribution in [1.29, 1.82) is 0 Å². The summed E-state index contributed by atoms with van der Waals surface area (Å²) in [6.07, 6.45) is 2.24. The first kappa shape index (κ1) is 17.2. The Morgan fingerprint density at radius 2 is 1.81 bits per heavy atom. The molecule has 0 aliphatic heterocycles. The van der Waals surface area contributed by atoms with Crippen molar-refractivity contribution in [3.8, 4) is 0 Å². The van der Waals surface area contributed by atoms with E-state index >= 15 is 0 Å². The highest BCUT2D eigenvalue weighted by atomic mass is 32.2. The van der Waals surface area contributed by atoms with Crippen LogP contribution in [0.4, 0.5) is 0 Å². The maximum atomic E-state index is 11.9. The molecule has 1 unspecified atom stereocenters. The Kier molecular flexibility index (Phi) is 5.90. The van der Waals surface area contributed by atoms with Crippen LogP contribution in [-0.4, -0.2) is 37.7 Å². The van der Waals surface area contributed by atoms with E-state index in [1.807, 2.05) is 0 Å². The lowest BCUT2D eigenvalue weighted by atomic mass is 10.1. The average Bonchev–Trinajstić information content (AvgIpc) is 2.37. The predicted octanol–water partition coefficient (Wildman–Crippen LogP) is 1.46. The third-order valence-corrected chi connectivity index (χ3v) is 4.08. The second kappa shape index (κ2) is 7.21. The Balaban J connectivity index is 2.57. The standard InChI is InChI=1S/C14H19NO5S/c1-10(4-3-5-13(16)17)15-14(18)11-6-8-12(9-7-11)21(2,19)20/h6-10H,3-5H2,1-2H3,(H,15,18)(H,16,17). The fourth-order valence-electron chi connectivity index (χ4n) is 1.79. The molecular formula is C14H19NO5S. The van der Waals surface area contributed by atoms with Crippen molar-refractivity contribution in [2.24, 2.45) is 0 Å². The van der Waals surface area contributed by atoms with Crippen LogP contribution >= 0.6 is 0 Å². The summed E-state index contributed by atoms with van der Waals surface area (Å²) in [6.45, 7) is 1.80. The number of benzene rings is 1. The number of carboxylic acid groups (broad SMARTS) is 1. The van der Waals surface area contributed by atoms with Gasteiger partial charge in [0.15, 0.2) is 9.84 Å². The first-order valence-corrected chi connectivity index (χ1v) is 8.42. The zero-order chi connectivity index (χ0) is 16.0. The Hall–Kier alpha value is -1.89. The van der Waals surface area contributed by atoms with Crippen LogP contribution in [0.25, 0.3) is 0 Å². The number of carbonyl (C=O) groups is 2. The number of hydrogen-bond acceptors (Lipinski definition) is 4. The second-order valence-corrected chi connectivity index (χ2v) is 6.97. The SMILES string of the molecule is CC(CCCC(=O)O)NC(=O)c1ccc(S(C)(=O)=O)cc1. The van der Waals surface area contributed by atoms with Gasteiger partial charge in [-0.1, -0.05) is 0 Å². The maximum absolute atomic E-state index is 11.9. The van der Waals surface area contributed by atoms with Gasteiger partial charge in [-0.15, -0.1) is 0 Å². The molecule has 0 aliphatic carbocycles. The van der Waals surface area contributed by atoms with E-state index in [4.69, 9.17) is 5.11 Å². The lowest BCUT2D eigenvalue weighted by molar-refractivity contribution is -0.137. The van der Waals surface area contributed by atoms with Crippen LogP contribution in [0, 0.1) is 0 Å². The number of hydrogen-bond donors (Lipinski definition) is 2. The van der Waals surface area contributed by atoms with Crippen molar-refractivity contribution >= 4 is 21.7 Å². The number of aliphatic carboxylic acids is 1. The molecule has 1 aromatic carbocycles. The smallest absolute Gasteiger partial charge is 0.303 e. The monoisotopic (exact) mass is 313 g/mol. The van der Waals surface area contributed by atoms with Gasteiger partial charge in [-0.3, -0.25) is 9.59 Å². The summed E-state index contributed by atoms with van der Waals surface area (Å²) < 4.78 is 22.6. The molecule has 0 saturated heterocycles. The molecule has 0 bridgehead atoms. The van der Waals surface area contributed by atoms with Crippen LogP contribution in [-0.2, 0) is 14.6 Å². The molecule has 0 aromatic heterocycles. The molecule has 1 rings (SSSR count). The molecule has 6 nitrogen and oxygen atoms in total. The molecule has 0 heterocycles. The fourth-order valence-corrected chi connectivity index (χ4v) is 2.42. The number of carbonyl (C=O) groups excluding carboxylic acids is 1. The molecule has 1 atom stereocenters. The van der Waals surface area contributed by atoms with Gasteiger partial charge in [0.05, 0.1) is 4.90 Å². The number of amides is 1. The molecule has 0 aliphatic rings. The summed E-state index contributed by atoms with van der Waals surface area (Å²) >= 11 is 0.